The fourth-order valence-corrected chi connectivity index (χ4v) is 1.87. The maximum Gasteiger partial charge on any atom is 0.166 e. The van der Waals surface area contributed by atoms with Crippen molar-refractivity contribution in [3.05, 3.63) is 0 Å². The number of rotatable bonds is 5. The summed E-state index contributed by atoms with van der Waals surface area (Å²) < 4.78 is 4.93. The summed E-state index contributed by atoms with van der Waals surface area (Å²) in [5.41, 5.74) is 0. The van der Waals surface area contributed by atoms with Crippen molar-refractivity contribution < 1.29 is 4.74 Å². The highest BCUT2D eigenvalue weighted by atomic mass is 32.1. The molecule has 1 unspecified atom stereocenters. The Morgan fingerprint density at radius 3 is 2.79 bits per heavy atom. The molecule has 0 bridgehead atoms. The third-order valence-corrected chi connectivity index (χ3v) is 3.07. The lowest BCUT2D eigenvalue weighted by Gasteiger charge is -2.32. The molecule has 1 atom stereocenters. The van der Waals surface area contributed by atoms with Crippen LogP contribution in [0.1, 0.15) is 26.2 Å². The van der Waals surface area contributed by atoms with E-state index >= 15 is 0 Å². The molecule has 14 heavy (non-hydrogen) atoms. The van der Waals surface area contributed by atoms with E-state index in [1.54, 1.807) is 7.11 Å². The van der Waals surface area contributed by atoms with Crippen LogP contribution in [0.25, 0.3) is 0 Å². The van der Waals surface area contributed by atoms with Gasteiger partial charge < -0.3 is 15.4 Å². The molecule has 3 nitrogen and oxygen atoms in total. The summed E-state index contributed by atoms with van der Waals surface area (Å²) in [6.07, 6.45) is 4.06. The molecule has 1 fully saturated rings. The zero-order valence-electron chi connectivity index (χ0n) is 9.01. The highest BCUT2D eigenvalue weighted by Gasteiger charge is 2.23. The number of methoxy groups -OCH3 is 1. The molecule has 1 rings (SSSR count). The second-order valence-electron chi connectivity index (χ2n) is 3.87. The molecule has 0 aromatic rings. The largest absolute Gasteiger partial charge is 0.383 e. The average molecular weight is 216 g/mol. The van der Waals surface area contributed by atoms with Crippen LogP contribution in [-0.2, 0) is 4.74 Å². The zero-order valence-corrected chi connectivity index (χ0v) is 9.82. The third kappa shape index (κ3) is 3.80. The maximum absolute atomic E-state index is 5.16. The molecule has 0 aliphatic heterocycles. The topological polar surface area (TPSA) is 33.3 Å². The van der Waals surface area contributed by atoms with Crippen LogP contribution in [0.3, 0.4) is 0 Å². The van der Waals surface area contributed by atoms with Crippen molar-refractivity contribution in [2.45, 2.75) is 32.2 Å². The molecule has 0 spiro atoms. The molecule has 4 heteroatoms. The molecule has 1 aliphatic rings. The molecule has 0 aromatic heterocycles. The Balaban J connectivity index is 2.06. The van der Waals surface area contributed by atoms with Gasteiger partial charge in [-0.1, -0.05) is 6.42 Å². The van der Waals surface area contributed by atoms with Crippen molar-refractivity contribution >= 4 is 17.3 Å². The Hall–Kier alpha value is -0.350. The molecule has 2 N–H and O–H groups in total. The molecule has 1 saturated carbocycles. The van der Waals surface area contributed by atoms with Gasteiger partial charge in [0.25, 0.3) is 0 Å². The first kappa shape index (κ1) is 11.7. The predicted octanol–water partition coefficient (Wildman–Crippen LogP) is 1.29. The Labute approximate surface area is 91.6 Å². The van der Waals surface area contributed by atoms with Crippen molar-refractivity contribution in [3.63, 3.8) is 0 Å². The molecule has 0 radical (unpaired) electrons. The smallest absolute Gasteiger partial charge is 0.166 e. The van der Waals surface area contributed by atoms with E-state index in [1.807, 2.05) is 0 Å². The minimum atomic E-state index is 0.506. The number of ether oxygens (including phenoxy) is 1. The Bertz CT molecular complexity index is 183. The highest BCUT2D eigenvalue weighted by molar-refractivity contribution is 7.80. The molecule has 0 aromatic carbocycles. The lowest BCUT2D eigenvalue weighted by molar-refractivity contribution is 0.203. The van der Waals surface area contributed by atoms with Crippen molar-refractivity contribution in [2.24, 2.45) is 5.92 Å². The zero-order chi connectivity index (χ0) is 10.4. The normalized spacial score (nSPS) is 18.4. The second kappa shape index (κ2) is 6.19. The summed E-state index contributed by atoms with van der Waals surface area (Å²) in [6, 6.07) is 0.506. The van der Waals surface area contributed by atoms with Crippen LogP contribution < -0.4 is 10.6 Å². The number of hydrogen-bond donors (Lipinski definition) is 2. The monoisotopic (exact) mass is 216 g/mol. The van der Waals surface area contributed by atoms with E-state index in [4.69, 9.17) is 17.0 Å². The number of hydrogen-bond acceptors (Lipinski definition) is 2. The molecular weight excluding hydrogens is 196 g/mol. The van der Waals surface area contributed by atoms with Crippen molar-refractivity contribution in [2.75, 3.05) is 20.3 Å². The van der Waals surface area contributed by atoms with Gasteiger partial charge in [0.2, 0.25) is 0 Å². The highest BCUT2D eigenvalue weighted by Crippen LogP contribution is 2.29. The fraction of sp³-hybridized carbons (Fsp3) is 0.900. The summed E-state index contributed by atoms with van der Waals surface area (Å²) in [4.78, 5) is 0. The number of nitrogens with one attached hydrogen (secondary N) is 2. The average Bonchev–Trinajstić information content (AvgIpc) is 2.00. The van der Waals surface area contributed by atoms with Crippen molar-refractivity contribution in [1.29, 1.82) is 0 Å². The molecule has 1 aliphatic carbocycles. The standard InChI is InChI=1S/C10H20N2OS/c1-8(9-4-3-5-9)12-10(14)11-6-7-13-2/h8-9H,3-7H2,1-2H3,(H2,11,12,14). The first-order chi connectivity index (χ1) is 6.74. The second-order valence-corrected chi connectivity index (χ2v) is 4.28. The summed E-state index contributed by atoms with van der Waals surface area (Å²) >= 11 is 5.16. The van der Waals surface area contributed by atoms with Crippen LogP contribution in [0.4, 0.5) is 0 Å². The molecule has 0 saturated heterocycles. The summed E-state index contributed by atoms with van der Waals surface area (Å²) in [7, 11) is 1.69. The molecular formula is C10H20N2OS. The van der Waals surface area contributed by atoms with Gasteiger partial charge in [0.15, 0.2) is 5.11 Å². The molecule has 82 valence electrons. The Kier molecular flexibility index (Phi) is 5.19. The predicted molar refractivity (Wildman–Crippen MR) is 62.4 cm³/mol. The lowest BCUT2D eigenvalue weighted by Crippen LogP contribution is -2.46. The van der Waals surface area contributed by atoms with E-state index in [0.717, 1.165) is 17.6 Å². The van der Waals surface area contributed by atoms with Gasteiger partial charge in [-0.15, -0.1) is 0 Å². The van der Waals surface area contributed by atoms with Crippen molar-refractivity contribution in [3.8, 4) is 0 Å². The van der Waals surface area contributed by atoms with Crippen LogP contribution in [0, 0.1) is 5.92 Å². The first-order valence-corrected chi connectivity index (χ1v) is 5.68. The van der Waals surface area contributed by atoms with Gasteiger partial charge in [0.1, 0.15) is 0 Å². The van der Waals surface area contributed by atoms with E-state index in [-0.39, 0.29) is 0 Å². The van der Waals surface area contributed by atoms with Gasteiger partial charge >= 0.3 is 0 Å². The Morgan fingerprint density at radius 1 is 1.57 bits per heavy atom. The molecule has 0 heterocycles. The van der Waals surface area contributed by atoms with Crippen LogP contribution in [0.2, 0.25) is 0 Å². The first-order valence-electron chi connectivity index (χ1n) is 5.27. The molecule has 0 amide bonds. The quantitative estimate of drug-likeness (QED) is 0.536. The van der Waals surface area contributed by atoms with Crippen LogP contribution >= 0.6 is 12.2 Å². The lowest BCUT2D eigenvalue weighted by atomic mass is 9.80. The van der Waals surface area contributed by atoms with Crippen molar-refractivity contribution in [1.82, 2.24) is 10.6 Å². The van der Waals surface area contributed by atoms with Gasteiger partial charge in [0, 0.05) is 19.7 Å². The van der Waals surface area contributed by atoms with Gasteiger partial charge in [-0.25, -0.2) is 0 Å². The maximum atomic E-state index is 5.16. The van der Waals surface area contributed by atoms with Gasteiger partial charge in [-0.2, -0.15) is 0 Å². The Morgan fingerprint density at radius 2 is 2.29 bits per heavy atom. The van der Waals surface area contributed by atoms with E-state index in [1.165, 1.54) is 19.3 Å². The number of thiocarbonyl (C=S) groups is 1. The fourth-order valence-electron chi connectivity index (χ4n) is 1.58. The van der Waals surface area contributed by atoms with Gasteiger partial charge in [-0.3, -0.25) is 0 Å². The van der Waals surface area contributed by atoms with Crippen LogP contribution in [-0.4, -0.2) is 31.4 Å². The van der Waals surface area contributed by atoms with E-state index in [9.17, 15) is 0 Å². The third-order valence-electron chi connectivity index (χ3n) is 2.81. The van der Waals surface area contributed by atoms with E-state index < -0.39 is 0 Å². The van der Waals surface area contributed by atoms with E-state index in [0.29, 0.717) is 12.6 Å². The minimum absolute atomic E-state index is 0.506. The van der Waals surface area contributed by atoms with E-state index in [2.05, 4.69) is 17.6 Å². The van der Waals surface area contributed by atoms with Crippen LogP contribution in [0.15, 0.2) is 0 Å². The summed E-state index contributed by atoms with van der Waals surface area (Å²) in [6.45, 7) is 3.67. The SMILES string of the molecule is COCCNC(=S)NC(C)C1CCC1. The summed E-state index contributed by atoms with van der Waals surface area (Å²) in [5, 5.41) is 7.17. The van der Waals surface area contributed by atoms with Gasteiger partial charge in [-0.05, 0) is 37.9 Å². The summed E-state index contributed by atoms with van der Waals surface area (Å²) in [5.74, 6) is 0.817. The minimum Gasteiger partial charge on any atom is -0.383 e. The van der Waals surface area contributed by atoms with Gasteiger partial charge in [0.05, 0.1) is 6.61 Å². The van der Waals surface area contributed by atoms with Crippen LogP contribution in [0.5, 0.6) is 0 Å².